The van der Waals surface area contributed by atoms with Gasteiger partial charge in [0.2, 0.25) is 0 Å². The number of nitrogen functional groups attached to an aromatic ring is 1. The van der Waals surface area contributed by atoms with E-state index in [1.165, 1.54) is 11.5 Å². The van der Waals surface area contributed by atoms with Crippen molar-refractivity contribution in [1.29, 1.82) is 0 Å². The Bertz CT molecular complexity index is 422. The van der Waals surface area contributed by atoms with Crippen LogP contribution in [0.15, 0.2) is 18.2 Å². The average molecular weight is 207 g/mol. The summed E-state index contributed by atoms with van der Waals surface area (Å²) in [7, 11) is 0. The number of hydrogen-bond donors (Lipinski definition) is 2. The molecule has 0 aromatic carbocycles. The molecule has 14 heavy (non-hydrogen) atoms. The van der Waals surface area contributed by atoms with Gasteiger partial charge in [-0.3, -0.25) is 0 Å². The minimum Gasteiger partial charge on any atom is -0.307 e. The number of anilines is 1. The molecule has 2 heterocycles. The van der Waals surface area contributed by atoms with E-state index in [1.54, 1.807) is 6.07 Å². The topological polar surface area (TPSA) is 76.7 Å². The van der Waals surface area contributed by atoms with Crippen molar-refractivity contribution in [3.05, 3.63) is 23.9 Å². The van der Waals surface area contributed by atoms with Crippen LogP contribution in [0, 0.1) is 6.92 Å². The highest BCUT2D eigenvalue weighted by Crippen LogP contribution is 2.22. The van der Waals surface area contributed by atoms with Crippen molar-refractivity contribution < 1.29 is 0 Å². The molecule has 6 heteroatoms. The zero-order valence-corrected chi connectivity index (χ0v) is 8.38. The van der Waals surface area contributed by atoms with Gasteiger partial charge in [-0.15, -0.1) is 10.2 Å². The van der Waals surface area contributed by atoms with Crippen LogP contribution >= 0.6 is 11.5 Å². The summed E-state index contributed by atoms with van der Waals surface area (Å²) in [4.78, 5) is 1.01. The third-order valence-electron chi connectivity index (χ3n) is 1.69. The van der Waals surface area contributed by atoms with Crippen LogP contribution in [0.5, 0.6) is 0 Å². The number of hydrazine groups is 1. The van der Waals surface area contributed by atoms with Crippen LogP contribution in [0.1, 0.15) is 5.69 Å². The molecule has 72 valence electrons. The molecule has 0 saturated heterocycles. The predicted molar refractivity (Wildman–Crippen MR) is 55.7 cm³/mol. The molecule has 0 aliphatic carbocycles. The normalized spacial score (nSPS) is 10.1. The van der Waals surface area contributed by atoms with Crippen LogP contribution in [0.2, 0.25) is 0 Å². The summed E-state index contributed by atoms with van der Waals surface area (Å²) in [5, 5.41) is 7.89. The molecule has 3 N–H and O–H groups in total. The first-order valence-electron chi connectivity index (χ1n) is 4.03. The van der Waals surface area contributed by atoms with E-state index in [4.69, 9.17) is 5.84 Å². The molecule has 0 radical (unpaired) electrons. The van der Waals surface area contributed by atoms with E-state index < -0.39 is 0 Å². The number of aromatic nitrogens is 3. The van der Waals surface area contributed by atoms with Gasteiger partial charge in [-0.2, -0.15) is 4.37 Å². The second-order valence-corrected chi connectivity index (χ2v) is 3.59. The van der Waals surface area contributed by atoms with Gasteiger partial charge < -0.3 is 5.43 Å². The first-order valence-corrected chi connectivity index (χ1v) is 4.81. The Balaban J connectivity index is 2.33. The third kappa shape index (κ3) is 1.70. The van der Waals surface area contributed by atoms with Crippen molar-refractivity contribution in [3.8, 4) is 10.6 Å². The Kier molecular flexibility index (Phi) is 2.38. The number of hydrogen-bond acceptors (Lipinski definition) is 6. The Morgan fingerprint density at radius 2 is 2.21 bits per heavy atom. The summed E-state index contributed by atoms with van der Waals surface area (Å²) in [5.41, 5.74) is 4.23. The van der Waals surface area contributed by atoms with E-state index >= 15 is 0 Å². The van der Waals surface area contributed by atoms with Gasteiger partial charge in [-0.25, -0.2) is 5.84 Å². The Morgan fingerprint density at radius 1 is 1.36 bits per heavy atom. The van der Waals surface area contributed by atoms with Crippen LogP contribution in [0.3, 0.4) is 0 Å². The molecule has 2 aromatic rings. The number of rotatable bonds is 2. The molecule has 0 spiro atoms. The first-order chi connectivity index (χ1) is 6.79. The molecule has 5 nitrogen and oxygen atoms in total. The van der Waals surface area contributed by atoms with Gasteiger partial charge in [0, 0.05) is 0 Å². The largest absolute Gasteiger partial charge is 0.307 e. The van der Waals surface area contributed by atoms with Crippen LogP contribution in [0.4, 0.5) is 5.82 Å². The van der Waals surface area contributed by atoms with Gasteiger partial charge >= 0.3 is 0 Å². The van der Waals surface area contributed by atoms with Crippen molar-refractivity contribution in [2.75, 3.05) is 5.43 Å². The van der Waals surface area contributed by atoms with E-state index in [-0.39, 0.29) is 0 Å². The predicted octanol–water partition coefficient (Wildman–Crippen LogP) is 1.19. The molecule has 0 fully saturated rings. The molecule has 0 amide bonds. The molecule has 0 aliphatic rings. The molecular weight excluding hydrogens is 198 g/mol. The number of nitrogens with one attached hydrogen (secondary N) is 1. The summed E-state index contributed by atoms with van der Waals surface area (Å²) in [6.07, 6.45) is 0. The van der Waals surface area contributed by atoms with Crippen molar-refractivity contribution in [2.24, 2.45) is 5.84 Å². The third-order valence-corrected chi connectivity index (χ3v) is 2.60. The zero-order chi connectivity index (χ0) is 9.97. The molecule has 0 bridgehead atoms. The Morgan fingerprint density at radius 3 is 2.71 bits per heavy atom. The number of nitrogens with two attached hydrogens (primary N) is 1. The van der Waals surface area contributed by atoms with Gasteiger partial charge in [0.25, 0.3) is 0 Å². The number of nitrogens with zero attached hydrogens (tertiary/aromatic N) is 3. The van der Waals surface area contributed by atoms with Crippen LogP contribution in [0.25, 0.3) is 10.6 Å². The van der Waals surface area contributed by atoms with Crippen LogP contribution in [-0.2, 0) is 0 Å². The second kappa shape index (κ2) is 3.69. The van der Waals surface area contributed by atoms with Gasteiger partial charge in [0.1, 0.15) is 5.69 Å². The molecule has 2 aromatic heterocycles. The van der Waals surface area contributed by atoms with Crippen molar-refractivity contribution >= 4 is 17.4 Å². The lowest BCUT2D eigenvalue weighted by Gasteiger charge is -1.97. The fourth-order valence-electron chi connectivity index (χ4n) is 1.02. The lowest BCUT2D eigenvalue weighted by atomic mass is 10.3. The van der Waals surface area contributed by atoms with Gasteiger partial charge in [0.15, 0.2) is 5.82 Å². The van der Waals surface area contributed by atoms with Crippen molar-refractivity contribution in [2.45, 2.75) is 6.92 Å². The molecule has 0 aliphatic heterocycles. The van der Waals surface area contributed by atoms with Crippen LogP contribution < -0.4 is 11.3 Å². The fourth-order valence-corrected chi connectivity index (χ4v) is 1.75. The average Bonchev–Trinajstić information content (AvgIpc) is 2.65. The van der Waals surface area contributed by atoms with E-state index in [0.29, 0.717) is 5.82 Å². The van der Waals surface area contributed by atoms with E-state index in [9.17, 15) is 0 Å². The highest BCUT2D eigenvalue weighted by Gasteiger charge is 2.03. The Labute approximate surface area is 85.1 Å². The van der Waals surface area contributed by atoms with Gasteiger partial charge in [0.05, 0.1) is 10.6 Å². The second-order valence-electron chi connectivity index (χ2n) is 2.78. The Hall–Kier alpha value is -1.53. The van der Waals surface area contributed by atoms with Crippen molar-refractivity contribution in [3.63, 3.8) is 0 Å². The lowest BCUT2D eigenvalue weighted by molar-refractivity contribution is 1.03. The maximum atomic E-state index is 5.18. The van der Waals surface area contributed by atoms with Crippen molar-refractivity contribution in [1.82, 2.24) is 14.6 Å². The van der Waals surface area contributed by atoms with Gasteiger partial charge in [-0.05, 0) is 36.7 Å². The van der Waals surface area contributed by atoms with E-state index in [0.717, 1.165) is 16.3 Å². The fraction of sp³-hybridized carbons (Fsp3) is 0.125. The number of aryl methyl sites for hydroxylation is 1. The SMILES string of the molecule is Cc1cc(-c2ccc(NN)nn2)sn1. The molecule has 2 rings (SSSR count). The monoisotopic (exact) mass is 207 g/mol. The molecule has 0 atom stereocenters. The lowest BCUT2D eigenvalue weighted by Crippen LogP contribution is -2.08. The minimum absolute atomic E-state index is 0.551. The summed E-state index contributed by atoms with van der Waals surface area (Å²) < 4.78 is 4.17. The zero-order valence-electron chi connectivity index (χ0n) is 7.56. The summed E-state index contributed by atoms with van der Waals surface area (Å²) in [6.45, 7) is 1.95. The van der Waals surface area contributed by atoms with Gasteiger partial charge in [-0.1, -0.05) is 0 Å². The van der Waals surface area contributed by atoms with E-state index in [1.807, 2.05) is 19.1 Å². The highest BCUT2D eigenvalue weighted by atomic mass is 32.1. The smallest absolute Gasteiger partial charge is 0.162 e. The summed E-state index contributed by atoms with van der Waals surface area (Å²) >= 11 is 1.41. The minimum atomic E-state index is 0.551. The quantitative estimate of drug-likeness (QED) is 0.571. The molecular formula is C8H9N5S. The first kappa shape index (κ1) is 9.04. The maximum absolute atomic E-state index is 5.18. The summed E-state index contributed by atoms with van der Waals surface area (Å²) in [5.74, 6) is 5.73. The van der Waals surface area contributed by atoms with Crippen LogP contribution in [-0.4, -0.2) is 14.6 Å². The maximum Gasteiger partial charge on any atom is 0.162 e. The molecule has 0 unspecified atom stereocenters. The standard InChI is InChI=1S/C8H9N5S/c1-5-4-7(14-13-5)6-2-3-8(10-9)12-11-6/h2-4H,9H2,1H3,(H,10,12). The highest BCUT2D eigenvalue weighted by molar-refractivity contribution is 7.09. The molecule has 0 saturated carbocycles. The van der Waals surface area contributed by atoms with E-state index in [2.05, 4.69) is 20.0 Å². The summed E-state index contributed by atoms with van der Waals surface area (Å²) in [6, 6.07) is 5.61.